The molecule has 128 valence electrons. The highest BCUT2D eigenvalue weighted by Crippen LogP contribution is 2.27. The van der Waals surface area contributed by atoms with E-state index in [1.165, 1.54) is 24.5 Å². The van der Waals surface area contributed by atoms with Crippen LogP contribution < -0.4 is 0 Å². The van der Waals surface area contributed by atoms with E-state index in [4.69, 9.17) is 4.74 Å². The summed E-state index contributed by atoms with van der Waals surface area (Å²) in [4.78, 5) is 11.2. The van der Waals surface area contributed by atoms with Crippen molar-refractivity contribution in [2.45, 2.75) is 64.9 Å². The van der Waals surface area contributed by atoms with Crippen LogP contribution in [0.4, 0.5) is 0 Å². The van der Waals surface area contributed by atoms with Gasteiger partial charge in [0, 0.05) is 6.08 Å². The van der Waals surface area contributed by atoms with Crippen molar-refractivity contribution in [3.63, 3.8) is 0 Å². The van der Waals surface area contributed by atoms with Gasteiger partial charge < -0.3 is 4.74 Å². The van der Waals surface area contributed by atoms with E-state index in [1.807, 2.05) is 36.4 Å². The number of esters is 1. The lowest BCUT2D eigenvalue weighted by atomic mass is 9.90. The zero-order valence-electron chi connectivity index (χ0n) is 15.0. The van der Waals surface area contributed by atoms with Crippen LogP contribution in [0.3, 0.4) is 0 Å². The predicted octanol–water partition coefficient (Wildman–Crippen LogP) is 6.18. The lowest BCUT2D eigenvalue weighted by molar-refractivity contribution is -0.155. The number of rotatable bonds is 9. The molecule has 0 unspecified atom stereocenters. The molecule has 0 saturated carbocycles. The zero-order valence-corrected chi connectivity index (χ0v) is 15.0. The number of carbonyl (C=O) groups excluding carboxylic acids is 1. The Morgan fingerprint density at radius 2 is 1.70 bits per heavy atom. The Bertz CT molecular complexity index is 444. The molecule has 0 N–H and O–H groups in total. The van der Waals surface area contributed by atoms with Crippen LogP contribution in [0.1, 0.15) is 64.9 Å². The minimum Gasteiger partial charge on any atom is -0.456 e. The van der Waals surface area contributed by atoms with Crippen molar-refractivity contribution in [2.24, 2.45) is 0 Å². The van der Waals surface area contributed by atoms with E-state index in [2.05, 4.69) is 33.9 Å². The van der Waals surface area contributed by atoms with Crippen LogP contribution in [-0.2, 0) is 9.53 Å². The van der Waals surface area contributed by atoms with Gasteiger partial charge in [0.05, 0.1) is 0 Å². The van der Waals surface area contributed by atoms with E-state index in [0.717, 1.165) is 25.7 Å². The molecule has 0 heterocycles. The molecule has 0 aliphatic heterocycles. The second-order valence-corrected chi connectivity index (χ2v) is 5.59. The fraction of sp³-hybridized carbons (Fsp3) is 0.476. The Kier molecular flexibility index (Phi) is 11.7. The van der Waals surface area contributed by atoms with Crippen molar-refractivity contribution < 1.29 is 9.53 Å². The maximum absolute atomic E-state index is 11.2. The molecular formula is C21H32O2. The molecule has 0 aliphatic carbocycles. The molecule has 2 nitrogen and oxygen atoms in total. The summed E-state index contributed by atoms with van der Waals surface area (Å²) in [6, 6.07) is 10.0. The summed E-state index contributed by atoms with van der Waals surface area (Å²) in [5, 5.41) is 0. The third kappa shape index (κ3) is 9.02. The van der Waals surface area contributed by atoms with Gasteiger partial charge in [-0.1, -0.05) is 83.2 Å². The first kappa shape index (κ1) is 21.2. The number of unbranched alkanes of at least 4 members (excludes halogenated alkanes) is 2. The van der Waals surface area contributed by atoms with Gasteiger partial charge in [-0.05, 0) is 31.2 Å². The third-order valence-electron chi connectivity index (χ3n) is 4.04. The molecule has 0 aliphatic rings. The van der Waals surface area contributed by atoms with E-state index in [-0.39, 0.29) is 11.6 Å². The summed E-state index contributed by atoms with van der Waals surface area (Å²) in [6.07, 6.45) is 9.34. The van der Waals surface area contributed by atoms with Gasteiger partial charge in [0.25, 0.3) is 0 Å². The standard InChI is InChI=1S/C13H24O2.C8H8/c1-5-9-10-11-13(7-3,8-4)15-12(14)6-2;1-2-8-6-4-3-5-7-8/h6H,2,5,7-11H2,1,3-4H3;2-7H,1H2. The van der Waals surface area contributed by atoms with Crippen LogP contribution in [0.25, 0.3) is 6.08 Å². The van der Waals surface area contributed by atoms with Crippen molar-refractivity contribution in [1.29, 1.82) is 0 Å². The van der Waals surface area contributed by atoms with Crippen LogP contribution in [0.5, 0.6) is 0 Å². The first-order valence-corrected chi connectivity index (χ1v) is 8.60. The zero-order chi connectivity index (χ0) is 17.6. The molecular weight excluding hydrogens is 284 g/mol. The molecule has 2 heteroatoms. The molecule has 0 radical (unpaired) electrons. The molecule has 0 saturated heterocycles. The Labute approximate surface area is 142 Å². The Morgan fingerprint density at radius 1 is 1.09 bits per heavy atom. The van der Waals surface area contributed by atoms with Crippen molar-refractivity contribution in [2.75, 3.05) is 0 Å². The van der Waals surface area contributed by atoms with Gasteiger partial charge in [-0.2, -0.15) is 0 Å². The molecule has 1 aromatic carbocycles. The first-order chi connectivity index (χ1) is 11.1. The fourth-order valence-corrected chi connectivity index (χ4v) is 2.34. The number of ether oxygens (including phenoxy) is 1. The maximum atomic E-state index is 11.2. The molecule has 0 fully saturated rings. The van der Waals surface area contributed by atoms with E-state index in [9.17, 15) is 4.79 Å². The molecule has 1 rings (SSSR count). The molecule has 0 aromatic heterocycles. The van der Waals surface area contributed by atoms with Crippen molar-refractivity contribution in [3.8, 4) is 0 Å². The van der Waals surface area contributed by atoms with Gasteiger partial charge in [0.2, 0.25) is 0 Å². The monoisotopic (exact) mass is 316 g/mol. The van der Waals surface area contributed by atoms with Crippen LogP contribution >= 0.6 is 0 Å². The minimum absolute atomic E-state index is 0.263. The van der Waals surface area contributed by atoms with Gasteiger partial charge in [-0.3, -0.25) is 0 Å². The second kappa shape index (κ2) is 12.7. The lowest BCUT2D eigenvalue weighted by Crippen LogP contribution is -2.33. The number of hydrogen-bond donors (Lipinski definition) is 0. The van der Waals surface area contributed by atoms with Crippen LogP contribution in [0.2, 0.25) is 0 Å². The molecule has 23 heavy (non-hydrogen) atoms. The van der Waals surface area contributed by atoms with Gasteiger partial charge in [-0.15, -0.1) is 0 Å². The second-order valence-electron chi connectivity index (χ2n) is 5.59. The van der Waals surface area contributed by atoms with Gasteiger partial charge in [0.1, 0.15) is 5.60 Å². The molecule has 0 atom stereocenters. The summed E-state index contributed by atoms with van der Waals surface area (Å²) in [6.45, 7) is 13.4. The summed E-state index contributed by atoms with van der Waals surface area (Å²) in [7, 11) is 0. The summed E-state index contributed by atoms with van der Waals surface area (Å²) < 4.78 is 5.48. The van der Waals surface area contributed by atoms with Gasteiger partial charge in [0.15, 0.2) is 0 Å². The smallest absolute Gasteiger partial charge is 0.330 e. The average molecular weight is 316 g/mol. The summed E-state index contributed by atoms with van der Waals surface area (Å²) in [5.41, 5.74) is 0.910. The van der Waals surface area contributed by atoms with E-state index >= 15 is 0 Å². The third-order valence-corrected chi connectivity index (χ3v) is 4.04. The largest absolute Gasteiger partial charge is 0.456 e. The Hall–Kier alpha value is -1.83. The molecule has 0 amide bonds. The molecule has 0 bridgehead atoms. The predicted molar refractivity (Wildman–Crippen MR) is 100 cm³/mol. The van der Waals surface area contributed by atoms with Gasteiger partial charge >= 0.3 is 5.97 Å². The van der Waals surface area contributed by atoms with Crippen molar-refractivity contribution >= 4 is 12.0 Å². The average Bonchev–Trinajstić information content (AvgIpc) is 2.62. The van der Waals surface area contributed by atoms with E-state index in [0.29, 0.717) is 0 Å². The maximum Gasteiger partial charge on any atom is 0.330 e. The SMILES string of the molecule is C=CC(=O)OC(CC)(CC)CCCCC.C=Cc1ccccc1. The van der Waals surface area contributed by atoms with Gasteiger partial charge in [-0.25, -0.2) is 4.79 Å². The summed E-state index contributed by atoms with van der Waals surface area (Å²) in [5.74, 6) is -0.296. The highest BCUT2D eigenvalue weighted by atomic mass is 16.6. The Morgan fingerprint density at radius 3 is 2.09 bits per heavy atom. The highest BCUT2D eigenvalue weighted by Gasteiger charge is 2.28. The molecule has 0 spiro atoms. The Balaban J connectivity index is 0.000000502. The van der Waals surface area contributed by atoms with Crippen LogP contribution in [0.15, 0.2) is 49.6 Å². The van der Waals surface area contributed by atoms with Crippen LogP contribution in [0, 0.1) is 0 Å². The number of carbonyl (C=O) groups is 1. The molecule has 1 aromatic rings. The fourth-order valence-electron chi connectivity index (χ4n) is 2.34. The topological polar surface area (TPSA) is 26.3 Å². The minimum atomic E-state index is -0.296. The van der Waals surface area contributed by atoms with Crippen LogP contribution in [-0.4, -0.2) is 11.6 Å². The van der Waals surface area contributed by atoms with E-state index in [1.54, 1.807) is 0 Å². The highest BCUT2D eigenvalue weighted by molar-refractivity contribution is 5.81. The number of hydrogen-bond acceptors (Lipinski definition) is 2. The van der Waals surface area contributed by atoms with E-state index < -0.39 is 0 Å². The van der Waals surface area contributed by atoms with Crippen molar-refractivity contribution in [3.05, 3.63) is 55.1 Å². The first-order valence-electron chi connectivity index (χ1n) is 8.60. The summed E-state index contributed by atoms with van der Waals surface area (Å²) >= 11 is 0. The normalized spacial score (nSPS) is 10.2. The quantitative estimate of drug-likeness (QED) is 0.309. The lowest BCUT2D eigenvalue weighted by Gasteiger charge is -2.31. The van der Waals surface area contributed by atoms with Crippen molar-refractivity contribution in [1.82, 2.24) is 0 Å². The number of benzene rings is 1.